The highest BCUT2D eigenvalue weighted by Gasteiger charge is 2.25. The van der Waals surface area contributed by atoms with Crippen molar-refractivity contribution in [2.75, 3.05) is 4.72 Å². The Balaban J connectivity index is 3.23. The third-order valence-corrected chi connectivity index (χ3v) is 4.28. The van der Waals surface area contributed by atoms with Gasteiger partial charge in [0.15, 0.2) is 5.25 Å². The number of halogens is 1. The van der Waals surface area contributed by atoms with E-state index in [0.717, 1.165) is 0 Å². The number of sulfonamides is 1. The van der Waals surface area contributed by atoms with Crippen molar-refractivity contribution in [3.63, 3.8) is 0 Å². The minimum absolute atomic E-state index is 0.0921. The molecule has 6 nitrogen and oxygen atoms in total. The fourth-order valence-electron chi connectivity index (χ4n) is 1.39. The highest BCUT2D eigenvalue weighted by atomic mass is 35.5. The van der Waals surface area contributed by atoms with Crippen LogP contribution in [0.5, 0.6) is 0 Å². The van der Waals surface area contributed by atoms with Gasteiger partial charge in [-0.15, -0.1) is 0 Å². The monoisotopic (exact) mass is 302 g/mol. The maximum Gasteiger partial charge on any atom is 0.337 e. The molecule has 19 heavy (non-hydrogen) atoms. The molecule has 1 unspecified atom stereocenters. The third-order valence-electron chi connectivity index (χ3n) is 2.35. The highest BCUT2D eigenvalue weighted by molar-refractivity contribution is 7.93. The second-order valence-corrected chi connectivity index (χ2v) is 5.97. The number of carboxylic acids is 1. The molecule has 0 heterocycles. The molecule has 0 spiro atoms. The molecule has 2 N–H and O–H groups in total. The lowest BCUT2D eigenvalue weighted by Gasteiger charge is -2.13. The Morgan fingerprint density at radius 2 is 2.21 bits per heavy atom. The van der Waals surface area contributed by atoms with Crippen LogP contribution in [0.25, 0.3) is 0 Å². The van der Waals surface area contributed by atoms with E-state index in [2.05, 4.69) is 4.72 Å². The third kappa shape index (κ3) is 3.59. The minimum atomic E-state index is -3.98. The summed E-state index contributed by atoms with van der Waals surface area (Å²) in [5.41, 5.74) is -0.394. The van der Waals surface area contributed by atoms with E-state index in [0.29, 0.717) is 0 Å². The number of carboxylic acid groups (broad SMARTS) is 1. The first-order valence-corrected chi connectivity index (χ1v) is 7.18. The normalized spacial score (nSPS) is 12.5. The Morgan fingerprint density at radius 3 is 2.68 bits per heavy atom. The molecule has 0 amide bonds. The number of anilines is 1. The Kier molecular flexibility index (Phi) is 4.75. The van der Waals surface area contributed by atoms with Crippen LogP contribution in [0, 0.1) is 11.3 Å². The molecule has 8 heteroatoms. The van der Waals surface area contributed by atoms with E-state index in [1.54, 1.807) is 13.0 Å². The molecule has 0 saturated carbocycles. The van der Waals surface area contributed by atoms with Gasteiger partial charge >= 0.3 is 5.97 Å². The number of nitriles is 1. The Hall–Kier alpha value is -1.78. The van der Waals surface area contributed by atoms with Crippen LogP contribution in [0.15, 0.2) is 18.2 Å². The zero-order valence-electron chi connectivity index (χ0n) is 9.92. The number of carbonyl (C=O) groups is 1. The van der Waals surface area contributed by atoms with Crippen LogP contribution in [0.2, 0.25) is 5.02 Å². The molecular weight excluding hydrogens is 292 g/mol. The van der Waals surface area contributed by atoms with E-state index < -0.39 is 21.2 Å². The highest BCUT2D eigenvalue weighted by Crippen LogP contribution is 2.23. The molecule has 0 aliphatic rings. The van der Waals surface area contributed by atoms with Crippen LogP contribution in [0.4, 0.5) is 5.69 Å². The average Bonchev–Trinajstić information content (AvgIpc) is 2.28. The van der Waals surface area contributed by atoms with Crippen LogP contribution in [-0.2, 0) is 10.0 Å². The summed E-state index contributed by atoms with van der Waals surface area (Å²) in [4.78, 5) is 11.0. The van der Waals surface area contributed by atoms with Gasteiger partial charge in [0, 0.05) is 5.02 Å². The van der Waals surface area contributed by atoms with Crippen LogP contribution < -0.4 is 4.72 Å². The number of benzene rings is 1. The largest absolute Gasteiger partial charge is 0.478 e. The lowest BCUT2D eigenvalue weighted by atomic mass is 10.2. The number of rotatable bonds is 5. The van der Waals surface area contributed by atoms with E-state index in [4.69, 9.17) is 22.0 Å². The number of nitrogens with zero attached hydrogens (tertiary/aromatic N) is 1. The fourth-order valence-corrected chi connectivity index (χ4v) is 2.76. The number of hydrogen-bond acceptors (Lipinski definition) is 4. The molecular formula is C11H11ClN2O4S. The van der Waals surface area contributed by atoms with Gasteiger partial charge in [-0.3, -0.25) is 4.72 Å². The smallest absolute Gasteiger partial charge is 0.337 e. The van der Waals surface area contributed by atoms with Crippen LogP contribution in [-0.4, -0.2) is 24.7 Å². The van der Waals surface area contributed by atoms with Crippen LogP contribution in [0.3, 0.4) is 0 Å². The quantitative estimate of drug-likeness (QED) is 0.866. The van der Waals surface area contributed by atoms with Gasteiger partial charge in [-0.05, 0) is 24.6 Å². The van der Waals surface area contributed by atoms with Crippen molar-refractivity contribution in [3.05, 3.63) is 28.8 Å². The van der Waals surface area contributed by atoms with Crippen molar-refractivity contribution in [2.24, 2.45) is 0 Å². The lowest BCUT2D eigenvalue weighted by Crippen LogP contribution is -2.26. The molecule has 1 atom stereocenters. The molecule has 102 valence electrons. The Labute approximate surface area is 115 Å². The van der Waals surface area contributed by atoms with Gasteiger partial charge in [-0.25, -0.2) is 13.2 Å². The summed E-state index contributed by atoms with van der Waals surface area (Å²) in [5.74, 6) is -1.29. The summed E-state index contributed by atoms with van der Waals surface area (Å²) in [6, 6.07) is 5.36. The van der Waals surface area contributed by atoms with Crippen molar-refractivity contribution in [1.82, 2.24) is 0 Å². The summed E-state index contributed by atoms with van der Waals surface area (Å²) in [7, 11) is -3.98. The topological polar surface area (TPSA) is 107 Å². The maximum atomic E-state index is 11.9. The number of hydrogen-bond donors (Lipinski definition) is 2. The summed E-state index contributed by atoms with van der Waals surface area (Å²) in [6.45, 7) is 1.54. The molecule has 0 fully saturated rings. The second-order valence-electron chi connectivity index (χ2n) is 3.67. The van der Waals surface area contributed by atoms with Gasteiger partial charge in [0.1, 0.15) is 0 Å². The molecule has 0 bridgehead atoms. The molecule has 0 aliphatic heterocycles. The zero-order chi connectivity index (χ0) is 14.6. The zero-order valence-corrected chi connectivity index (χ0v) is 11.5. The van der Waals surface area contributed by atoms with Gasteiger partial charge in [0.2, 0.25) is 10.0 Å². The van der Waals surface area contributed by atoms with Crippen LogP contribution in [0.1, 0.15) is 23.7 Å². The van der Waals surface area contributed by atoms with Crippen molar-refractivity contribution in [3.8, 4) is 6.07 Å². The lowest BCUT2D eigenvalue weighted by molar-refractivity contribution is 0.0698. The van der Waals surface area contributed by atoms with Crippen molar-refractivity contribution >= 4 is 33.3 Å². The fraction of sp³-hybridized carbons (Fsp3) is 0.273. The average molecular weight is 303 g/mol. The van der Waals surface area contributed by atoms with Gasteiger partial charge in [-0.2, -0.15) is 5.26 Å². The van der Waals surface area contributed by atoms with E-state index in [1.807, 2.05) is 0 Å². The maximum absolute atomic E-state index is 11.9. The van der Waals surface area contributed by atoms with E-state index in [-0.39, 0.29) is 22.7 Å². The van der Waals surface area contributed by atoms with E-state index >= 15 is 0 Å². The molecule has 1 rings (SSSR count). The molecule has 1 aromatic carbocycles. The van der Waals surface area contributed by atoms with E-state index in [1.165, 1.54) is 18.2 Å². The van der Waals surface area contributed by atoms with Gasteiger partial charge in [0.25, 0.3) is 0 Å². The van der Waals surface area contributed by atoms with Gasteiger partial charge in [0.05, 0.1) is 17.3 Å². The van der Waals surface area contributed by atoms with E-state index in [9.17, 15) is 13.2 Å². The van der Waals surface area contributed by atoms with Crippen molar-refractivity contribution in [1.29, 1.82) is 5.26 Å². The first-order valence-electron chi connectivity index (χ1n) is 5.26. The second kappa shape index (κ2) is 5.91. The standard InChI is InChI=1S/C11H11ClN2O4S/c1-2-8(6-13)19(17,18)14-10-5-7(12)3-4-9(10)11(15)16/h3-5,8,14H,2H2,1H3,(H,15,16). The molecule has 0 aromatic heterocycles. The molecule has 1 aromatic rings. The molecule has 0 aliphatic carbocycles. The van der Waals surface area contributed by atoms with Crippen LogP contribution >= 0.6 is 11.6 Å². The SMILES string of the molecule is CCC(C#N)S(=O)(=O)Nc1cc(Cl)ccc1C(=O)O. The Morgan fingerprint density at radius 1 is 1.58 bits per heavy atom. The first kappa shape index (κ1) is 15.3. The van der Waals surface area contributed by atoms with Gasteiger partial charge < -0.3 is 5.11 Å². The number of nitrogens with one attached hydrogen (secondary N) is 1. The Bertz CT molecular complexity index is 637. The van der Waals surface area contributed by atoms with Crippen molar-refractivity contribution in [2.45, 2.75) is 18.6 Å². The van der Waals surface area contributed by atoms with Crippen molar-refractivity contribution < 1.29 is 18.3 Å². The number of aromatic carboxylic acids is 1. The first-order chi connectivity index (χ1) is 8.81. The summed E-state index contributed by atoms with van der Waals surface area (Å²) < 4.78 is 25.9. The molecule has 0 radical (unpaired) electrons. The summed E-state index contributed by atoms with van der Waals surface area (Å²) >= 11 is 5.70. The summed E-state index contributed by atoms with van der Waals surface area (Å²) in [6.07, 6.45) is 0.0921. The molecule has 0 saturated heterocycles. The summed E-state index contributed by atoms with van der Waals surface area (Å²) in [5, 5.41) is 16.7. The predicted octanol–water partition coefficient (Wildman–Crippen LogP) is 2.08. The minimum Gasteiger partial charge on any atom is -0.478 e. The predicted molar refractivity (Wildman–Crippen MR) is 70.6 cm³/mol. The van der Waals surface area contributed by atoms with Gasteiger partial charge in [-0.1, -0.05) is 18.5 Å².